The molecule has 2 rings (SSSR count). The molecule has 0 bridgehead atoms. The molecule has 2 aromatic rings. The average Bonchev–Trinajstić information content (AvgIpc) is 2.97. The monoisotopic (exact) mass is 272 g/mol. The van der Waals surface area contributed by atoms with Gasteiger partial charge in [0, 0.05) is 6.42 Å². The van der Waals surface area contributed by atoms with E-state index in [2.05, 4.69) is 53.5 Å². The number of nitrogens with zero attached hydrogens (tertiary/aromatic N) is 3. The van der Waals surface area contributed by atoms with E-state index < -0.39 is 0 Å². The van der Waals surface area contributed by atoms with Crippen LogP contribution in [0.4, 0.5) is 0 Å². The van der Waals surface area contributed by atoms with Crippen LogP contribution in [0.2, 0.25) is 0 Å². The first-order valence-corrected chi connectivity index (χ1v) is 6.87. The zero-order valence-corrected chi connectivity index (χ0v) is 11.9. The van der Waals surface area contributed by atoms with E-state index in [1.165, 1.54) is 11.9 Å². The van der Waals surface area contributed by atoms with E-state index >= 15 is 0 Å². The van der Waals surface area contributed by atoms with Crippen LogP contribution >= 0.6 is 0 Å². The first-order chi connectivity index (χ1) is 9.69. The van der Waals surface area contributed by atoms with Crippen molar-refractivity contribution in [2.24, 2.45) is 0 Å². The predicted molar refractivity (Wildman–Crippen MR) is 77.0 cm³/mol. The van der Waals surface area contributed by atoms with Gasteiger partial charge in [-0.15, -0.1) is 0 Å². The Morgan fingerprint density at radius 3 is 2.70 bits per heavy atom. The highest BCUT2D eigenvalue weighted by molar-refractivity contribution is 5.76. The topological polar surface area (TPSA) is 59.8 Å². The van der Waals surface area contributed by atoms with Gasteiger partial charge in [-0.05, 0) is 18.9 Å². The number of carbonyl (C=O) groups excluding carboxylic acids is 1. The Kier molecular flexibility index (Phi) is 4.87. The van der Waals surface area contributed by atoms with Crippen LogP contribution in [-0.2, 0) is 11.3 Å². The van der Waals surface area contributed by atoms with Gasteiger partial charge >= 0.3 is 0 Å². The summed E-state index contributed by atoms with van der Waals surface area (Å²) in [6, 6.07) is 8.35. The molecule has 0 aliphatic carbocycles. The van der Waals surface area contributed by atoms with Gasteiger partial charge in [-0.1, -0.05) is 36.8 Å². The molecule has 1 atom stereocenters. The molecule has 0 spiro atoms. The number of benzene rings is 1. The summed E-state index contributed by atoms with van der Waals surface area (Å²) in [5, 5.41) is 7.05. The highest BCUT2D eigenvalue weighted by Crippen LogP contribution is 2.17. The van der Waals surface area contributed by atoms with Crippen LogP contribution in [0.15, 0.2) is 36.9 Å². The van der Waals surface area contributed by atoms with Crippen LogP contribution in [0.5, 0.6) is 0 Å². The van der Waals surface area contributed by atoms with Crippen molar-refractivity contribution in [3.05, 3.63) is 48.0 Å². The van der Waals surface area contributed by atoms with Gasteiger partial charge < -0.3 is 5.32 Å². The number of amides is 1. The molecule has 1 aromatic heterocycles. The van der Waals surface area contributed by atoms with Gasteiger partial charge in [-0.25, -0.2) is 4.98 Å². The van der Waals surface area contributed by atoms with Gasteiger partial charge in [-0.2, -0.15) is 5.10 Å². The van der Waals surface area contributed by atoms with Crippen molar-refractivity contribution in [1.29, 1.82) is 0 Å². The Morgan fingerprint density at radius 2 is 2.10 bits per heavy atom. The third kappa shape index (κ3) is 3.91. The van der Waals surface area contributed by atoms with E-state index in [9.17, 15) is 4.79 Å². The van der Waals surface area contributed by atoms with E-state index in [1.54, 1.807) is 11.0 Å². The Morgan fingerprint density at radius 1 is 1.35 bits per heavy atom. The number of carbonyl (C=O) groups is 1. The van der Waals surface area contributed by atoms with Crippen molar-refractivity contribution >= 4 is 5.91 Å². The van der Waals surface area contributed by atoms with Crippen molar-refractivity contribution in [2.45, 2.75) is 39.3 Å². The maximum Gasteiger partial charge on any atom is 0.222 e. The number of aryl methyl sites for hydroxylation is 2. The number of aromatic nitrogens is 3. The highest BCUT2D eigenvalue weighted by Gasteiger charge is 2.12. The summed E-state index contributed by atoms with van der Waals surface area (Å²) in [6.07, 6.45) is 4.37. The lowest BCUT2D eigenvalue weighted by Crippen LogP contribution is -2.28. The van der Waals surface area contributed by atoms with Gasteiger partial charge in [0.2, 0.25) is 5.91 Å². The second-order valence-corrected chi connectivity index (χ2v) is 4.85. The third-order valence-electron chi connectivity index (χ3n) is 3.26. The molecular weight excluding hydrogens is 252 g/mol. The highest BCUT2D eigenvalue weighted by atomic mass is 16.1. The van der Waals surface area contributed by atoms with Gasteiger partial charge in [-0.3, -0.25) is 9.48 Å². The predicted octanol–water partition coefficient (Wildman–Crippen LogP) is 2.24. The van der Waals surface area contributed by atoms with Crippen molar-refractivity contribution in [1.82, 2.24) is 20.1 Å². The first-order valence-electron chi connectivity index (χ1n) is 6.87. The van der Waals surface area contributed by atoms with Crippen LogP contribution in [0.1, 0.15) is 36.9 Å². The molecule has 1 heterocycles. The van der Waals surface area contributed by atoms with Gasteiger partial charge in [0.15, 0.2) is 0 Å². The number of rotatable bonds is 6. The Bertz CT molecular complexity index is 534. The fourth-order valence-corrected chi connectivity index (χ4v) is 2.05. The summed E-state index contributed by atoms with van der Waals surface area (Å²) in [7, 11) is 0. The molecule has 0 saturated carbocycles. The minimum atomic E-state index is 0.0351. The summed E-state index contributed by atoms with van der Waals surface area (Å²) in [5.41, 5.74) is 2.37. The summed E-state index contributed by atoms with van der Waals surface area (Å²) >= 11 is 0. The van der Waals surface area contributed by atoms with Gasteiger partial charge in [0.1, 0.15) is 12.7 Å². The lowest BCUT2D eigenvalue weighted by atomic mass is 10.0. The Balaban J connectivity index is 1.89. The quantitative estimate of drug-likeness (QED) is 0.877. The van der Waals surface area contributed by atoms with Crippen LogP contribution in [0.3, 0.4) is 0 Å². The average molecular weight is 272 g/mol. The fraction of sp³-hybridized carbons (Fsp3) is 0.400. The minimum Gasteiger partial charge on any atom is -0.349 e. The molecule has 0 saturated heterocycles. The lowest BCUT2D eigenvalue weighted by Gasteiger charge is -2.17. The molecule has 0 aliphatic heterocycles. The van der Waals surface area contributed by atoms with Crippen molar-refractivity contribution < 1.29 is 4.79 Å². The van der Waals surface area contributed by atoms with Gasteiger partial charge in [0.25, 0.3) is 0 Å². The molecular formula is C15H20N4O. The molecule has 0 aliphatic rings. The molecule has 5 heteroatoms. The second-order valence-electron chi connectivity index (χ2n) is 4.85. The second kappa shape index (κ2) is 6.84. The van der Waals surface area contributed by atoms with Crippen molar-refractivity contribution in [2.75, 3.05) is 0 Å². The SMILES string of the molecule is CCC(NC(=O)CCn1cncn1)c1ccc(C)cc1. The molecule has 0 fully saturated rings. The lowest BCUT2D eigenvalue weighted by molar-refractivity contribution is -0.122. The molecule has 106 valence electrons. The Hall–Kier alpha value is -2.17. The standard InChI is InChI=1S/C15H20N4O/c1-3-14(13-6-4-12(2)5-7-13)18-15(20)8-9-19-11-16-10-17-19/h4-7,10-11,14H,3,8-9H2,1-2H3,(H,18,20). The number of hydrogen-bond acceptors (Lipinski definition) is 3. The van der Waals surface area contributed by atoms with Crippen molar-refractivity contribution in [3.63, 3.8) is 0 Å². The van der Waals surface area contributed by atoms with E-state index in [4.69, 9.17) is 0 Å². The minimum absolute atomic E-state index is 0.0351. The Labute approximate surface area is 119 Å². The molecule has 0 radical (unpaired) electrons. The maximum absolute atomic E-state index is 12.0. The molecule has 1 unspecified atom stereocenters. The van der Waals surface area contributed by atoms with E-state index in [-0.39, 0.29) is 11.9 Å². The smallest absolute Gasteiger partial charge is 0.222 e. The van der Waals surface area contributed by atoms with Crippen molar-refractivity contribution in [3.8, 4) is 0 Å². The summed E-state index contributed by atoms with van der Waals surface area (Å²) in [4.78, 5) is 15.8. The summed E-state index contributed by atoms with van der Waals surface area (Å²) in [5.74, 6) is 0.0351. The van der Waals surface area contributed by atoms with Crippen LogP contribution in [0.25, 0.3) is 0 Å². The number of nitrogens with one attached hydrogen (secondary N) is 1. The van der Waals surface area contributed by atoms with Crippen LogP contribution in [0, 0.1) is 6.92 Å². The van der Waals surface area contributed by atoms with E-state index in [0.29, 0.717) is 13.0 Å². The molecule has 1 N–H and O–H groups in total. The maximum atomic E-state index is 12.0. The van der Waals surface area contributed by atoms with Crippen LogP contribution in [-0.4, -0.2) is 20.7 Å². The largest absolute Gasteiger partial charge is 0.349 e. The normalized spacial score (nSPS) is 12.1. The van der Waals surface area contributed by atoms with E-state index in [1.807, 2.05) is 0 Å². The third-order valence-corrected chi connectivity index (χ3v) is 3.26. The molecule has 20 heavy (non-hydrogen) atoms. The molecule has 1 amide bonds. The summed E-state index contributed by atoms with van der Waals surface area (Å²) in [6.45, 7) is 4.68. The molecule has 5 nitrogen and oxygen atoms in total. The molecule has 1 aromatic carbocycles. The zero-order valence-electron chi connectivity index (χ0n) is 11.9. The summed E-state index contributed by atoms with van der Waals surface area (Å²) < 4.78 is 1.66. The van der Waals surface area contributed by atoms with Crippen LogP contribution < -0.4 is 5.32 Å². The zero-order chi connectivity index (χ0) is 14.4. The fourth-order valence-electron chi connectivity index (χ4n) is 2.05. The number of hydrogen-bond donors (Lipinski definition) is 1. The van der Waals surface area contributed by atoms with Gasteiger partial charge in [0.05, 0.1) is 12.6 Å². The van der Waals surface area contributed by atoms with E-state index in [0.717, 1.165) is 12.0 Å². The first kappa shape index (κ1) is 14.2.